The summed E-state index contributed by atoms with van der Waals surface area (Å²) in [6.45, 7) is 1.58. The van der Waals surface area contributed by atoms with E-state index >= 15 is 0 Å². The molecule has 1 unspecified atom stereocenters. The van der Waals surface area contributed by atoms with Gasteiger partial charge in [0.2, 0.25) is 0 Å². The Kier molecular flexibility index (Phi) is 5.58. The van der Waals surface area contributed by atoms with Gasteiger partial charge in [0.15, 0.2) is 0 Å². The normalized spacial score (nSPS) is 12.8. The molecule has 0 rings (SSSR count). The molecule has 76 valence electrons. The van der Waals surface area contributed by atoms with E-state index in [1.54, 1.807) is 6.66 Å². The molecule has 3 N–H and O–H groups in total. The molecule has 0 radical (unpaired) electrons. The first-order valence-electron chi connectivity index (χ1n) is 3.75. The second kappa shape index (κ2) is 5.89. The van der Waals surface area contributed by atoms with Crippen molar-refractivity contribution in [2.75, 3.05) is 12.8 Å². The molecule has 0 saturated heterocycles. The number of rotatable bonds is 6. The summed E-state index contributed by atoms with van der Waals surface area (Å²) in [5, 5.41) is 16.9. The molecule has 0 bridgehead atoms. The van der Waals surface area contributed by atoms with E-state index < -0.39 is 26.0 Å². The average Bonchev–Trinajstić information content (AvgIpc) is 1.80. The van der Waals surface area contributed by atoms with Crippen molar-refractivity contribution in [1.29, 1.82) is 0 Å². The van der Waals surface area contributed by atoms with Crippen LogP contribution in [-0.4, -0.2) is 39.9 Å². The number of carbonyl (C=O) groups is 2. The lowest BCUT2D eigenvalue weighted by Crippen LogP contribution is -2.15. The van der Waals surface area contributed by atoms with Crippen molar-refractivity contribution in [3.63, 3.8) is 0 Å². The third-order valence-corrected chi connectivity index (χ3v) is 2.49. The SMILES string of the molecule is CP(O)CC(CC(=O)O)CC(=O)O. The van der Waals surface area contributed by atoms with E-state index in [4.69, 9.17) is 15.1 Å². The van der Waals surface area contributed by atoms with Gasteiger partial charge in [-0.25, -0.2) is 0 Å². The molecular formula is C7H13O5P. The molecule has 6 heteroatoms. The lowest BCUT2D eigenvalue weighted by Gasteiger charge is -2.13. The van der Waals surface area contributed by atoms with Crippen molar-refractivity contribution in [3.8, 4) is 0 Å². The van der Waals surface area contributed by atoms with Crippen molar-refractivity contribution in [2.45, 2.75) is 12.8 Å². The Morgan fingerprint density at radius 2 is 1.62 bits per heavy atom. The molecule has 0 aliphatic heterocycles. The Bertz CT molecular complexity index is 175. The number of hydrogen-bond donors (Lipinski definition) is 3. The summed E-state index contributed by atoms with van der Waals surface area (Å²) in [5.41, 5.74) is 0. The maximum atomic E-state index is 10.3. The summed E-state index contributed by atoms with van der Waals surface area (Å²) in [6, 6.07) is 0. The van der Waals surface area contributed by atoms with Crippen LogP contribution in [0.2, 0.25) is 0 Å². The van der Waals surface area contributed by atoms with Crippen LogP contribution < -0.4 is 0 Å². The van der Waals surface area contributed by atoms with E-state index in [0.717, 1.165) is 0 Å². The highest BCUT2D eigenvalue weighted by molar-refractivity contribution is 7.50. The Balaban J connectivity index is 4.02. The second-order valence-corrected chi connectivity index (χ2v) is 4.58. The molecule has 0 aliphatic carbocycles. The first kappa shape index (κ1) is 12.3. The molecule has 0 saturated carbocycles. The van der Waals surface area contributed by atoms with Gasteiger partial charge in [-0.3, -0.25) is 9.59 Å². The largest absolute Gasteiger partial charge is 0.481 e. The van der Waals surface area contributed by atoms with Crippen molar-refractivity contribution < 1.29 is 24.7 Å². The van der Waals surface area contributed by atoms with Crippen LogP contribution in [-0.2, 0) is 9.59 Å². The maximum absolute atomic E-state index is 10.3. The van der Waals surface area contributed by atoms with E-state index in [1.165, 1.54) is 0 Å². The average molecular weight is 208 g/mol. The van der Waals surface area contributed by atoms with E-state index in [0.29, 0.717) is 0 Å². The van der Waals surface area contributed by atoms with Gasteiger partial charge in [0.25, 0.3) is 0 Å². The minimum atomic E-state index is -1.23. The lowest BCUT2D eigenvalue weighted by molar-refractivity contribution is -0.140. The third kappa shape index (κ3) is 7.68. The minimum Gasteiger partial charge on any atom is -0.481 e. The van der Waals surface area contributed by atoms with Gasteiger partial charge in [-0.1, -0.05) is 0 Å². The summed E-state index contributed by atoms with van der Waals surface area (Å²) in [6.07, 6.45) is -0.118. The predicted octanol–water partition coefficient (Wildman–Crippen LogP) is 0.571. The fourth-order valence-corrected chi connectivity index (χ4v) is 2.07. The van der Waals surface area contributed by atoms with E-state index in [-0.39, 0.29) is 19.0 Å². The van der Waals surface area contributed by atoms with Crippen LogP contribution >= 0.6 is 8.15 Å². The monoisotopic (exact) mass is 208 g/mol. The number of carboxylic acids is 2. The van der Waals surface area contributed by atoms with Gasteiger partial charge >= 0.3 is 11.9 Å². The Labute approximate surface area is 77.2 Å². The smallest absolute Gasteiger partial charge is 0.303 e. The minimum absolute atomic E-state index is 0.195. The highest BCUT2D eigenvalue weighted by Crippen LogP contribution is 2.30. The standard InChI is InChI=1S/C7H13O5P/c1-13(12)4-5(2-6(8)9)3-7(10)11/h5,12H,2-4H2,1H3,(H,8,9)(H,10,11). The molecule has 5 nitrogen and oxygen atoms in total. The fourth-order valence-electron chi connectivity index (χ4n) is 1.07. The molecule has 0 aromatic carbocycles. The predicted molar refractivity (Wildman–Crippen MR) is 47.9 cm³/mol. The molecule has 13 heavy (non-hydrogen) atoms. The van der Waals surface area contributed by atoms with Gasteiger partial charge in [0, 0.05) is 21.0 Å². The zero-order valence-electron chi connectivity index (χ0n) is 7.30. The number of aliphatic carboxylic acids is 2. The van der Waals surface area contributed by atoms with Crippen molar-refractivity contribution in [2.24, 2.45) is 5.92 Å². The maximum Gasteiger partial charge on any atom is 0.303 e. The van der Waals surface area contributed by atoms with Gasteiger partial charge in [-0.2, -0.15) is 0 Å². The Morgan fingerprint density at radius 1 is 1.23 bits per heavy atom. The molecule has 0 aliphatic rings. The van der Waals surface area contributed by atoms with Gasteiger partial charge < -0.3 is 15.1 Å². The van der Waals surface area contributed by atoms with Crippen LogP contribution in [0.15, 0.2) is 0 Å². The zero-order chi connectivity index (χ0) is 10.4. The Hall–Kier alpha value is -0.670. The summed E-state index contributed by atoms with van der Waals surface area (Å²) >= 11 is 0. The molecule has 0 heterocycles. The van der Waals surface area contributed by atoms with Gasteiger partial charge in [-0.15, -0.1) is 0 Å². The van der Waals surface area contributed by atoms with E-state index in [1.807, 2.05) is 0 Å². The summed E-state index contributed by atoms with van der Waals surface area (Å²) in [5.74, 6) is -2.51. The van der Waals surface area contributed by atoms with Gasteiger partial charge in [-0.05, 0) is 18.7 Å². The van der Waals surface area contributed by atoms with Crippen LogP contribution in [0.3, 0.4) is 0 Å². The van der Waals surface area contributed by atoms with Gasteiger partial charge in [0.1, 0.15) is 0 Å². The second-order valence-electron chi connectivity index (χ2n) is 2.90. The zero-order valence-corrected chi connectivity index (χ0v) is 8.20. The number of hydrogen-bond acceptors (Lipinski definition) is 3. The van der Waals surface area contributed by atoms with Crippen LogP contribution in [0.5, 0.6) is 0 Å². The Morgan fingerprint density at radius 3 is 1.85 bits per heavy atom. The van der Waals surface area contributed by atoms with Crippen molar-refractivity contribution in [1.82, 2.24) is 0 Å². The molecule has 0 spiro atoms. The van der Waals surface area contributed by atoms with Crippen LogP contribution in [0.1, 0.15) is 12.8 Å². The molecule has 0 fully saturated rings. The van der Waals surface area contributed by atoms with E-state index in [2.05, 4.69) is 0 Å². The molecule has 0 amide bonds. The van der Waals surface area contributed by atoms with Crippen molar-refractivity contribution in [3.05, 3.63) is 0 Å². The third-order valence-electron chi connectivity index (χ3n) is 1.45. The van der Waals surface area contributed by atoms with Gasteiger partial charge in [0.05, 0.1) is 0 Å². The summed E-state index contributed by atoms with van der Waals surface area (Å²) < 4.78 is 0. The topological polar surface area (TPSA) is 94.8 Å². The highest BCUT2D eigenvalue weighted by atomic mass is 31.1. The highest BCUT2D eigenvalue weighted by Gasteiger charge is 2.18. The fraction of sp³-hybridized carbons (Fsp3) is 0.714. The first-order valence-corrected chi connectivity index (χ1v) is 5.68. The molecular weight excluding hydrogens is 195 g/mol. The number of carboxylic acid groups (broad SMARTS) is 2. The molecule has 1 atom stereocenters. The van der Waals surface area contributed by atoms with E-state index in [9.17, 15) is 9.59 Å². The van der Waals surface area contributed by atoms with Crippen LogP contribution in [0, 0.1) is 5.92 Å². The quantitative estimate of drug-likeness (QED) is 0.554. The van der Waals surface area contributed by atoms with Crippen LogP contribution in [0.4, 0.5) is 0 Å². The lowest BCUT2D eigenvalue weighted by atomic mass is 10.0. The molecule has 0 aromatic rings. The first-order chi connectivity index (χ1) is 5.91. The summed E-state index contributed by atoms with van der Waals surface area (Å²) in [4.78, 5) is 29.6. The molecule has 0 aromatic heterocycles. The van der Waals surface area contributed by atoms with Crippen molar-refractivity contribution >= 4 is 20.1 Å². The van der Waals surface area contributed by atoms with Crippen LogP contribution in [0.25, 0.3) is 0 Å². The summed E-state index contributed by atoms with van der Waals surface area (Å²) in [7, 11) is -1.23.